The van der Waals surface area contributed by atoms with E-state index in [0.29, 0.717) is 30.3 Å². The summed E-state index contributed by atoms with van der Waals surface area (Å²) in [6, 6.07) is 7.79. The molecule has 1 aliphatic rings. The first-order chi connectivity index (χ1) is 15.0. The number of thiophene rings is 1. The van der Waals surface area contributed by atoms with Gasteiger partial charge in [0.25, 0.3) is 11.7 Å². The van der Waals surface area contributed by atoms with Crippen LogP contribution < -0.4 is 4.74 Å². The van der Waals surface area contributed by atoms with Crippen molar-refractivity contribution in [3.05, 3.63) is 75.5 Å². The lowest BCUT2D eigenvalue weighted by atomic mass is 9.99. The molecule has 1 aromatic carbocycles. The van der Waals surface area contributed by atoms with Gasteiger partial charge in [0, 0.05) is 35.4 Å². The molecule has 0 aliphatic carbocycles. The van der Waals surface area contributed by atoms with Crippen LogP contribution in [0.5, 0.6) is 5.75 Å². The van der Waals surface area contributed by atoms with Gasteiger partial charge in [0.1, 0.15) is 11.5 Å². The van der Waals surface area contributed by atoms with E-state index in [4.69, 9.17) is 16.3 Å². The van der Waals surface area contributed by atoms with Crippen LogP contribution in [0.3, 0.4) is 0 Å². The summed E-state index contributed by atoms with van der Waals surface area (Å²) in [5, 5.41) is 13.4. The Balaban J connectivity index is 1.74. The molecule has 160 valence electrons. The third-order valence-corrected chi connectivity index (χ3v) is 6.30. The predicted molar refractivity (Wildman–Crippen MR) is 118 cm³/mol. The quantitative estimate of drug-likeness (QED) is 0.328. The molecule has 0 spiro atoms. The molecule has 2 aromatic heterocycles. The zero-order valence-electron chi connectivity index (χ0n) is 16.7. The summed E-state index contributed by atoms with van der Waals surface area (Å²) in [4.78, 5) is 32.3. The van der Waals surface area contributed by atoms with Gasteiger partial charge >= 0.3 is 0 Å². The zero-order chi connectivity index (χ0) is 22.0. The number of aliphatic hydroxyl groups is 1. The monoisotopic (exact) mass is 457 g/mol. The van der Waals surface area contributed by atoms with Crippen molar-refractivity contribution in [2.75, 3.05) is 13.7 Å². The van der Waals surface area contributed by atoms with Crippen LogP contribution in [0.15, 0.2) is 60.0 Å². The second-order valence-corrected chi connectivity index (χ2v) is 8.42. The number of hydrogen-bond donors (Lipinski definition) is 1. The maximum atomic E-state index is 13.0. The Morgan fingerprint density at radius 1 is 1.29 bits per heavy atom. The lowest BCUT2D eigenvalue weighted by Gasteiger charge is -2.24. The van der Waals surface area contributed by atoms with Crippen LogP contribution in [0, 0.1) is 0 Å². The molecule has 7 nitrogen and oxygen atoms in total. The van der Waals surface area contributed by atoms with Crippen molar-refractivity contribution in [2.45, 2.75) is 19.0 Å². The number of aliphatic hydroxyl groups excluding tert-OH is 1. The summed E-state index contributed by atoms with van der Waals surface area (Å²) in [5.74, 6) is -1.29. The SMILES string of the molecule is COc1ccc(Cl)cc1/C(O)=C1\C(=O)C(=O)N(CCCn2ccnc2)[C@H]1c1cccs1. The molecule has 4 rings (SSSR count). The maximum Gasteiger partial charge on any atom is 0.295 e. The third kappa shape index (κ3) is 4.08. The number of aromatic nitrogens is 2. The van der Waals surface area contributed by atoms with Crippen LogP contribution in [0.25, 0.3) is 5.76 Å². The Morgan fingerprint density at radius 2 is 2.13 bits per heavy atom. The molecule has 0 saturated carbocycles. The van der Waals surface area contributed by atoms with E-state index < -0.39 is 17.7 Å². The zero-order valence-corrected chi connectivity index (χ0v) is 18.3. The number of halogens is 1. The second-order valence-electron chi connectivity index (χ2n) is 7.01. The van der Waals surface area contributed by atoms with E-state index in [1.165, 1.54) is 29.4 Å². The normalized spacial score (nSPS) is 18.0. The molecule has 3 aromatic rings. The smallest absolute Gasteiger partial charge is 0.295 e. The number of imidazole rings is 1. The summed E-state index contributed by atoms with van der Waals surface area (Å²) in [5.41, 5.74) is 0.309. The van der Waals surface area contributed by atoms with Crippen molar-refractivity contribution in [1.82, 2.24) is 14.5 Å². The fourth-order valence-corrected chi connectivity index (χ4v) is 4.72. The Morgan fingerprint density at radius 3 is 2.81 bits per heavy atom. The fourth-order valence-electron chi connectivity index (χ4n) is 3.71. The molecule has 0 bridgehead atoms. The van der Waals surface area contributed by atoms with E-state index >= 15 is 0 Å². The molecular weight excluding hydrogens is 438 g/mol. The highest BCUT2D eigenvalue weighted by molar-refractivity contribution is 7.10. The molecule has 1 aliphatic heterocycles. The first-order valence-corrected chi connectivity index (χ1v) is 10.9. The molecular formula is C22H20ClN3O4S. The lowest BCUT2D eigenvalue weighted by molar-refractivity contribution is -0.139. The predicted octanol–water partition coefficient (Wildman–Crippen LogP) is 4.12. The number of likely N-dealkylation sites (tertiary alicyclic amines) is 1. The van der Waals surface area contributed by atoms with E-state index in [1.54, 1.807) is 24.7 Å². The summed E-state index contributed by atoms with van der Waals surface area (Å²) >= 11 is 7.54. The van der Waals surface area contributed by atoms with Crippen molar-refractivity contribution < 1.29 is 19.4 Å². The number of methoxy groups -OCH3 is 1. The molecule has 1 atom stereocenters. The highest BCUT2D eigenvalue weighted by Crippen LogP contribution is 2.42. The van der Waals surface area contributed by atoms with Crippen LogP contribution in [0.4, 0.5) is 0 Å². The van der Waals surface area contributed by atoms with Crippen molar-refractivity contribution in [3.63, 3.8) is 0 Å². The standard InChI is InChI=1S/C22H20ClN3O4S/c1-30-16-6-5-14(23)12-15(16)20(27)18-19(17-4-2-11-31-17)26(22(29)21(18)28)9-3-8-25-10-7-24-13-25/h2,4-7,10-13,19,27H,3,8-9H2,1H3/b20-18+/t19-/m0/s1. The van der Waals surface area contributed by atoms with Crippen LogP contribution in [0.2, 0.25) is 5.02 Å². The van der Waals surface area contributed by atoms with E-state index in [0.717, 1.165) is 4.88 Å². The second kappa shape index (κ2) is 8.95. The van der Waals surface area contributed by atoms with Gasteiger partial charge in [0.15, 0.2) is 0 Å². The van der Waals surface area contributed by atoms with Crippen LogP contribution in [-0.4, -0.2) is 44.9 Å². The molecule has 0 radical (unpaired) electrons. The minimum absolute atomic E-state index is 0.0376. The summed E-state index contributed by atoms with van der Waals surface area (Å²) in [6.45, 7) is 1.01. The van der Waals surface area contributed by atoms with Gasteiger partial charge in [-0.3, -0.25) is 9.59 Å². The fraction of sp³-hybridized carbons (Fsp3) is 0.227. The van der Waals surface area contributed by atoms with Gasteiger partial charge in [-0.05, 0) is 36.1 Å². The minimum Gasteiger partial charge on any atom is -0.507 e. The first kappa shape index (κ1) is 21.1. The summed E-state index contributed by atoms with van der Waals surface area (Å²) < 4.78 is 7.24. The maximum absolute atomic E-state index is 13.0. The Bertz CT molecular complexity index is 1130. The summed E-state index contributed by atoms with van der Waals surface area (Å²) in [6.07, 6.45) is 5.87. The molecule has 1 N–H and O–H groups in total. The van der Waals surface area contributed by atoms with E-state index in [1.807, 2.05) is 28.3 Å². The number of rotatable bonds is 7. The number of benzene rings is 1. The number of ketones is 1. The van der Waals surface area contributed by atoms with Gasteiger partial charge in [-0.2, -0.15) is 0 Å². The molecule has 1 fully saturated rings. The number of carbonyl (C=O) groups excluding carboxylic acids is 2. The van der Waals surface area contributed by atoms with Crippen LogP contribution in [-0.2, 0) is 16.1 Å². The average Bonchev–Trinajstić information content (AvgIpc) is 3.52. The van der Waals surface area contributed by atoms with Gasteiger partial charge in [-0.15, -0.1) is 11.3 Å². The molecule has 31 heavy (non-hydrogen) atoms. The molecule has 9 heteroatoms. The number of ether oxygens (including phenoxy) is 1. The number of amides is 1. The van der Waals surface area contributed by atoms with Gasteiger partial charge in [-0.1, -0.05) is 17.7 Å². The van der Waals surface area contributed by atoms with Gasteiger partial charge in [0.2, 0.25) is 0 Å². The lowest BCUT2D eigenvalue weighted by Crippen LogP contribution is -2.31. The van der Waals surface area contributed by atoms with E-state index in [9.17, 15) is 14.7 Å². The Kier molecular flexibility index (Phi) is 6.11. The van der Waals surface area contributed by atoms with Crippen molar-refractivity contribution in [3.8, 4) is 5.75 Å². The number of aryl methyl sites for hydroxylation is 1. The number of Topliss-reactive ketones (excluding diaryl/α,β-unsaturated/α-hetero) is 1. The third-order valence-electron chi connectivity index (χ3n) is 5.14. The van der Waals surface area contributed by atoms with E-state index in [2.05, 4.69) is 4.98 Å². The van der Waals surface area contributed by atoms with Crippen molar-refractivity contribution in [2.24, 2.45) is 0 Å². The number of hydrogen-bond acceptors (Lipinski definition) is 6. The number of nitrogens with zero attached hydrogens (tertiary/aromatic N) is 3. The average molecular weight is 458 g/mol. The van der Waals surface area contributed by atoms with Gasteiger partial charge in [-0.25, -0.2) is 4.98 Å². The Hall–Kier alpha value is -3.10. The van der Waals surface area contributed by atoms with Gasteiger partial charge < -0.3 is 19.3 Å². The van der Waals surface area contributed by atoms with Crippen molar-refractivity contribution in [1.29, 1.82) is 0 Å². The topological polar surface area (TPSA) is 84.7 Å². The molecule has 3 heterocycles. The highest BCUT2D eigenvalue weighted by atomic mass is 35.5. The summed E-state index contributed by atoms with van der Waals surface area (Å²) in [7, 11) is 1.46. The largest absolute Gasteiger partial charge is 0.507 e. The molecule has 1 saturated heterocycles. The molecule has 0 unspecified atom stereocenters. The van der Waals surface area contributed by atoms with Crippen LogP contribution >= 0.6 is 22.9 Å². The van der Waals surface area contributed by atoms with Gasteiger partial charge in [0.05, 0.1) is 30.6 Å². The number of carbonyl (C=O) groups is 2. The first-order valence-electron chi connectivity index (χ1n) is 9.62. The van der Waals surface area contributed by atoms with Crippen molar-refractivity contribution >= 4 is 40.4 Å². The molecule has 1 amide bonds. The Labute approximate surface area is 188 Å². The minimum atomic E-state index is -0.722. The highest BCUT2D eigenvalue weighted by Gasteiger charge is 2.46. The van der Waals surface area contributed by atoms with Crippen LogP contribution in [0.1, 0.15) is 22.9 Å². The van der Waals surface area contributed by atoms with E-state index in [-0.39, 0.29) is 16.9 Å².